The summed E-state index contributed by atoms with van der Waals surface area (Å²) in [6, 6.07) is 3.62. The summed E-state index contributed by atoms with van der Waals surface area (Å²) < 4.78 is 49.1. The third-order valence-corrected chi connectivity index (χ3v) is 4.63. The van der Waals surface area contributed by atoms with Gasteiger partial charge < -0.3 is 14.0 Å². The first kappa shape index (κ1) is 20.6. The molecule has 0 saturated carbocycles. The van der Waals surface area contributed by atoms with E-state index in [1.165, 1.54) is 0 Å². The minimum atomic E-state index is -4.36. The highest BCUT2D eigenvalue weighted by Gasteiger charge is 2.30. The van der Waals surface area contributed by atoms with E-state index in [1.807, 2.05) is 13.0 Å². The number of rotatable bonds is 3. The average Bonchev–Trinajstić information content (AvgIpc) is 3.23. The van der Waals surface area contributed by atoms with Crippen molar-refractivity contribution in [1.82, 2.24) is 20.3 Å². The standard InChI is InChI=1S/C19H17F3N4O2.CH4/c1-8-16(10(3)27-25-8)12-5-13(17-9(2)26-28-11(17)4)18-14(6-12)23-15(24-18)7-19(20,21)22;/h5-6H,7H2,1-4H3,(H,23,24);1H4. The summed E-state index contributed by atoms with van der Waals surface area (Å²) in [7, 11) is 0. The minimum Gasteiger partial charge on any atom is -0.361 e. The van der Waals surface area contributed by atoms with Crippen LogP contribution in [0, 0.1) is 27.7 Å². The number of fused-ring (bicyclic) bond motifs is 1. The topological polar surface area (TPSA) is 80.7 Å². The zero-order chi connectivity index (χ0) is 20.2. The molecule has 0 saturated heterocycles. The Morgan fingerprint density at radius 1 is 0.931 bits per heavy atom. The van der Waals surface area contributed by atoms with Crippen molar-refractivity contribution in [3.05, 3.63) is 40.9 Å². The van der Waals surface area contributed by atoms with Gasteiger partial charge in [0.05, 0.1) is 22.4 Å². The zero-order valence-corrected chi connectivity index (χ0v) is 15.7. The monoisotopic (exact) mass is 406 g/mol. The summed E-state index contributed by atoms with van der Waals surface area (Å²) in [5.41, 5.74) is 5.17. The lowest BCUT2D eigenvalue weighted by Gasteiger charge is -2.07. The van der Waals surface area contributed by atoms with E-state index in [0.717, 1.165) is 11.1 Å². The molecule has 0 aliphatic carbocycles. The SMILES string of the molecule is C.Cc1noc(C)c1-c1cc(-c2c(C)noc2C)c2nc(CC(F)(F)F)[nH]c2c1. The van der Waals surface area contributed by atoms with E-state index in [0.29, 0.717) is 45.1 Å². The van der Waals surface area contributed by atoms with E-state index in [2.05, 4.69) is 20.3 Å². The molecule has 3 aromatic heterocycles. The lowest BCUT2D eigenvalue weighted by molar-refractivity contribution is -0.128. The maximum atomic E-state index is 12.9. The molecule has 0 spiro atoms. The second-order valence-corrected chi connectivity index (χ2v) is 6.79. The Kier molecular flexibility index (Phi) is 5.02. The first-order valence-corrected chi connectivity index (χ1v) is 8.60. The van der Waals surface area contributed by atoms with Gasteiger partial charge in [-0.1, -0.05) is 17.7 Å². The summed E-state index contributed by atoms with van der Waals surface area (Å²) in [5, 5.41) is 7.94. The number of benzene rings is 1. The fourth-order valence-electron chi connectivity index (χ4n) is 3.54. The number of nitrogens with one attached hydrogen (secondary N) is 1. The summed E-state index contributed by atoms with van der Waals surface area (Å²) in [6.07, 6.45) is -5.50. The van der Waals surface area contributed by atoms with Crippen molar-refractivity contribution >= 4 is 11.0 Å². The molecule has 4 aromatic rings. The lowest BCUT2D eigenvalue weighted by atomic mass is 9.96. The molecule has 0 aliphatic heterocycles. The van der Waals surface area contributed by atoms with Gasteiger partial charge in [0.25, 0.3) is 0 Å². The maximum Gasteiger partial charge on any atom is 0.396 e. The fourth-order valence-corrected chi connectivity index (χ4v) is 3.54. The number of H-pyrrole nitrogens is 1. The van der Waals surface area contributed by atoms with Crippen LogP contribution in [0.25, 0.3) is 33.3 Å². The quantitative estimate of drug-likeness (QED) is 0.462. The van der Waals surface area contributed by atoms with Gasteiger partial charge in [0, 0.05) is 16.7 Å². The van der Waals surface area contributed by atoms with E-state index >= 15 is 0 Å². The highest BCUT2D eigenvalue weighted by molar-refractivity contribution is 5.97. The second-order valence-electron chi connectivity index (χ2n) is 6.79. The van der Waals surface area contributed by atoms with Crippen LogP contribution in [0.2, 0.25) is 0 Å². The van der Waals surface area contributed by atoms with Crippen molar-refractivity contribution in [2.75, 3.05) is 0 Å². The molecular weight excluding hydrogens is 385 g/mol. The third kappa shape index (κ3) is 3.64. The normalized spacial score (nSPS) is 11.8. The molecule has 154 valence electrons. The molecule has 0 atom stereocenters. The first-order chi connectivity index (χ1) is 13.1. The molecule has 29 heavy (non-hydrogen) atoms. The van der Waals surface area contributed by atoms with E-state index in [4.69, 9.17) is 9.05 Å². The van der Waals surface area contributed by atoms with Gasteiger partial charge in [-0.05, 0) is 45.4 Å². The van der Waals surface area contributed by atoms with Crippen LogP contribution >= 0.6 is 0 Å². The Balaban J connectivity index is 0.00000240. The number of hydrogen-bond donors (Lipinski definition) is 1. The van der Waals surface area contributed by atoms with Gasteiger partial charge in [-0.2, -0.15) is 13.2 Å². The molecule has 0 radical (unpaired) electrons. The third-order valence-electron chi connectivity index (χ3n) is 4.63. The largest absolute Gasteiger partial charge is 0.396 e. The number of alkyl halides is 3. The molecular formula is C20H21F3N4O2. The first-order valence-electron chi connectivity index (χ1n) is 8.60. The number of imidazole rings is 1. The van der Waals surface area contributed by atoms with Crippen LogP contribution in [-0.4, -0.2) is 26.5 Å². The van der Waals surface area contributed by atoms with Gasteiger partial charge in [0.2, 0.25) is 0 Å². The number of aromatic amines is 1. The molecule has 1 N–H and O–H groups in total. The molecule has 0 amide bonds. The molecule has 0 aliphatic rings. The highest BCUT2D eigenvalue weighted by atomic mass is 19.4. The van der Waals surface area contributed by atoms with Crippen LogP contribution in [0.3, 0.4) is 0 Å². The number of nitrogens with zero attached hydrogens (tertiary/aromatic N) is 3. The van der Waals surface area contributed by atoms with Gasteiger partial charge >= 0.3 is 6.18 Å². The lowest BCUT2D eigenvalue weighted by Crippen LogP contribution is -2.12. The van der Waals surface area contributed by atoms with Crippen LogP contribution in [0.15, 0.2) is 21.2 Å². The summed E-state index contributed by atoms with van der Waals surface area (Å²) in [5.74, 6) is 1.04. The van der Waals surface area contributed by atoms with Crippen LogP contribution in [0.1, 0.15) is 36.2 Å². The molecule has 3 heterocycles. The zero-order valence-electron chi connectivity index (χ0n) is 15.7. The van der Waals surface area contributed by atoms with E-state index in [9.17, 15) is 13.2 Å². The van der Waals surface area contributed by atoms with Crippen LogP contribution < -0.4 is 0 Å². The van der Waals surface area contributed by atoms with Gasteiger partial charge in [0.15, 0.2) is 0 Å². The Morgan fingerprint density at radius 3 is 2.03 bits per heavy atom. The number of aryl methyl sites for hydroxylation is 4. The van der Waals surface area contributed by atoms with Crippen molar-refractivity contribution in [1.29, 1.82) is 0 Å². The fraction of sp³-hybridized carbons (Fsp3) is 0.350. The summed E-state index contributed by atoms with van der Waals surface area (Å²) in [6.45, 7) is 7.14. The molecule has 6 nitrogen and oxygen atoms in total. The van der Waals surface area contributed by atoms with E-state index in [1.54, 1.807) is 26.8 Å². The van der Waals surface area contributed by atoms with E-state index < -0.39 is 12.6 Å². The van der Waals surface area contributed by atoms with E-state index in [-0.39, 0.29) is 13.3 Å². The number of aromatic nitrogens is 4. The highest BCUT2D eigenvalue weighted by Crippen LogP contribution is 2.38. The Hall–Kier alpha value is -3.10. The van der Waals surface area contributed by atoms with Crippen molar-refractivity contribution in [3.8, 4) is 22.3 Å². The Labute approximate surface area is 165 Å². The average molecular weight is 406 g/mol. The van der Waals surface area contributed by atoms with Crippen molar-refractivity contribution in [2.24, 2.45) is 0 Å². The maximum absolute atomic E-state index is 12.9. The van der Waals surface area contributed by atoms with Crippen LogP contribution in [-0.2, 0) is 6.42 Å². The molecule has 1 aromatic carbocycles. The molecule has 9 heteroatoms. The predicted molar refractivity (Wildman–Crippen MR) is 103 cm³/mol. The van der Waals surface area contributed by atoms with Crippen LogP contribution in [0.4, 0.5) is 13.2 Å². The second kappa shape index (κ2) is 7.06. The van der Waals surface area contributed by atoms with Crippen molar-refractivity contribution in [2.45, 2.75) is 47.7 Å². The van der Waals surface area contributed by atoms with Crippen molar-refractivity contribution in [3.63, 3.8) is 0 Å². The van der Waals surface area contributed by atoms with Gasteiger partial charge in [-0.15, -0.1) is 0 Å². The smallest absolute Gasteiger partial charge is 0.361 e. The minimum absolute atomic E-state index is 0. The summed E-state index contributed by atoms with van der Waals surface area (Å²) >= 11 is 0. The van der Waals surface area contributed by atoms with Crippen molar-refractivity contribution < 1.29 is 22.2 Å². The van der Waals surface area contributed by atoms with Gasteiger partial charge in [-0.25, -0.2) is 4.98 Å². The van der Waals surface area contributed by atoms with Gasteiger partial charge in [0.1, 0.15) is 23.8 Å². The Morgan fingerprint density at radius 2 is 1.52 bits per heavy atom. The summed E-state index contributed by atoms with van der Waals surface area (Å²) in [4.78, 5) is 7.02. The van der Waals surface area contributed by atoms with Crippen LogP contribution in [0.5, 0.6) is 0 Å². The molecule has 0 fully saturated rings. The predicted octanol–water partition coefficient (Wildman–Crippen LogP) is 5.85. The molecule has 0 unspecified atom stereocenters. The number of halogens is 3. The number of hydrogen-bond acceptors (Lipinski definition) is 5. The Bertz CT molecular complexity index is 1150. The molecule has 0 bridgehead atoms. The van der Waals surface area contributed by atoms with Gasteiger partial charge in [-0.3, -0.25) is 0 Å². The molecule has 4 rings (SSSR count).